The molecule has 0 radical (unpaired) electrons. The van der Waals surface area contributed by atoms with E-state index in [9.17, 15) is 22.8 Å². The molecule has 2 saturated heterocycles. The lowest BCUT2D eigenvalue weighted by molar-refractivity contribution is 0.0937. The van der Waals surface area contributed by atoms with Gasteiger partial charge in [-0.2, -0.15) is 0 Å². The quantitative estimate of drug-likeness (QED) is 0.542. The number of anilines is 1. The smallest absolute Gasteiger partial charge is 0.266 e. The molecule has 2 aliphatic heterocycles. The van der Waals surface area contributed by atoms with Gasteiger partial charge in [0.2, 0.25) is 0 Å². The summed E-state index contributed by atoms with van der Waals surface area (Å²) in [5.41, 5.74) is -0.646. The van der Waals surface area contributed by atoms with Gasteiger partial charge in [-0.05, 0) is 51.0 Å². The molecule has 2 unspecified atom stereocenters. The molecule has 2 aliphatic carbocycles. The van der Waals surface area contributed by atoms with Crippen molar-refractivity contribution in [2.45, 2.75) is 50.2 Å². The third kappa shape index (κ3) is 4.31. The molecule has 2 N–H and O–H groups in total. The first kappa shape index (κ1) is 25.4. The van der Waals surface area contributed by atoms with E-state index in [-0.39, 0.29) is 22.7 Å². The number of likely N-dealkylation sites (tertiary alicyclic amines) is 1. The van der Waals surface area contributed by atoms with Crippen LogP contribution in [0.1, 0.15) is 60.1 Å². The summed E-state index contributed by atoms with van der Waals surface area (Å²) in [4.78, 5) is 29.4. The lowest BCUT2D eigenvalue weighted by Gasteiger charge is -2.31. The summed E-state index contributed by atoms with van der Waals surface area (Å²) in [7, 11) is 2.08. The normalized spacial score (nSPS) is 29.4. The summed E-state index contributed by atoms with van der Waals surface area (Å²) < 4.78 is 48.7. The fraction of sp³-hybridized carbons (Fsp3) is 0.571. The van der Waals surface area contributed by atoms with Crippen LogP contribution in [0.15, 0.2) is 35.3 Å². The van der Waals surface area contributed by atoms with Crippen molar-refractivity contribution in [1.82, 2.24) is 14.8 Å². The van der Waals surface area contributed by atoms with Crippen LogP contribution in [-0.2, 0) is 10.3 Å². The number of carbonyl (C=O) groups is 1. The number of alkyl halides is 2. The van der Waals surface area contributed by atoms with E-state index in [1.165, 1.54) is 18.2 Å². The van der Waals surface area contributed by atoms with E-state index in [4.69, 9.17) is 4.74 Å². The number of hydrogen-bond donors (Lipinski definition) is 2. The number of fused-ring (bicyclic) bond motifs is 1. The van der Waals surface area contributed by atoms with E-state index < -0.39 is 35.3 Å². The van der Waals surface area contributed by atoms with Crippen molar-refractivity contribution in [1.29, 1.82) is 0 Å². The lowest BCUT2D eigenvalue weighted by atomic mass is 9.91. The Morgan fingerprint density at radius 2 is 1.89 bits per heavy atom. The maximum atomic E-state index is 14.8. The van der Waals surface area contributed by atoms with Gasteiger partial charge in [-0.25, -0.2) is 13.2 Å². The second-order valence-electron chi connectivity index (χ2n) is 11.5. The SMILES string of the molecule is C[C@@H](NC(=O)c1cn(C2(C3CC3)CCOC2)c(=O)cc1NC1[C@H]2CN(C)C[C@@H]12)c1cccc(C(F)F)c1F. The van der Waals surface area contributed by atoms with E-state index in [1.807, 2.05) is 0 Å². The Labute approximate surface area is 219 Å². The molecule has 6 rings (SSSR count). The maximum Gasteiger partial charge on any atom is 0.266 e. The summed E-state index contributed by atoms with van der Waals surface area (Å²) >= 11 is 0. The third-order valence-corrected chi connectivity index (χ3v) is 8.95. The fourth-order valence-electron chi connectivity index (χ4n) is 6.64. The summed E-state index contributed by atoms with van der Waals surface area (Å²) in [5, 5.41) is 6.23. The van der Waals surface area contributed by atoms with Crippen molar-refractivity contribution >= 4 is 11.6 Å². The second-order valence-corrected chi connectivity index (χ2v) is 11.5. The monoisotopic (exact) mass is 530 g/mol. The standard InChI is InChI=1S/C28H33F3N4O3/c1-15(17-4-3-5-18(24(17)29)26(30)31)32-27(37)21-13-35(28(16-6-7-16)8-9-38-14-28)23(36)10-22(21)33-25-19-11-34(2)12-20(19)25/h3-5,10,13,15-16,19-20,25-26,33H,6-9,11-12,14H2,1-2H3,(H,32,37)/t15-,19-,20+,25?,28?/m1/s1. The Hall–Kier alpha value is -2.85. The van der Waals surface area contributed by atoms with Crippen LogP contribution in [0.5, 0.6) is 0 Å². The number of benzene rings is 1. The molecule has 38 heavy (non-hydrogen) atoms. The molecule has 7 nitrogen and oxygen atoms in total. The van der Waals surface area contributed by atoms with Crippen LogP contribution < -0.4 is 16.2 Å². The summed E-state index contributed by atoms with van der Waals surface area (Å²) in [6.45, 7) is 4.46. The molecule has 2 saturated carbocycles. The number of aromatic nitrogens is 1. The van der Waals surface area contributed by atoms with Crippen molar-refractivity contribution in [3.63, 3.8) is 0 Å². The summed E-state index contributed by atoms with van der Waals surface area (Å²) in [5.74, 6) is -0.275. The minimum atomic E-state index is -2.96. The van der Waals surface area contributed by atoms with Crippen LogP contribution >= 0.6 is 0 Å². The molecule has 2 aromatic rings. The van der Waals surface area contributed by atoms with Gasteiger partial charge in [0, 0.05) is 43.6 Å². The zero-order valence-corrected chi connectivity index (χ0v) is 21.6. The largest absolute Gasteiger partial charge is 0.381 e. The van der Waals surface area contributed by atoms with Crippen LogP contribution in [0, 0.1) is 23.6 Å². The van der Waals surface area contributed by atoms with Gasteiger partial charge in [-0.15, -0.1) is 0 Å². The van der Waals surface area contributed by atoms with E-state index >= 15 is 0 Å². The van der Waals surface area contributed by atoms with Crippen LogP contribution in [0.4, 0.5) is 18.9 Å². The van der Waals surface area contributed by atoms with Gasteiger partial charge in [0.1, 0.15) is 5.82 Å². The van der Waals surface area contributed by atoms with E-state index in [0.717, 1.165) is 32.0 Å². The second kappa shape index (κ2) is 9.41. The maximum absolute atomic E-state index is 14.8. The molecule has 5 atom stereocenters. The Morgan fingerprint density at radius 1 is 1.18 bits per heavy atom. The Morgan fingerprint density at radius 3 is 2.53 bits per heavy atom. The van der Waals surface area contributed by atoms with E-state index in [0.29, 0.717) is 43.1 Å². The predicted molar refractivity (Wildman–Crippen MR) is 136 cm³/mol. The minimum Gasteiger partial charge on any atom is -0.381 e. The van der Waals surface area contributed by atoms with Crippen molar-refractivity contribution in [2.24, 2.45) is 17.8 Å². The van der Waals surface area contributed by atoms with Gasteiger partial charge >= 0.3 is 0 Å². The van der Waals surface area contributed by atoms with E-state index in [2.05, 4.69) is 22.6 Å². The highest BCUT2D eigenvalue weighted by Crippen LogP contribution is 2.49. The van der Waals surface area contributed by atoms with Crippen molar-refractivity contribution in [2.75, 3.05) is 38.7 Å². The van der Waals surface area contributed by atoms with E-state index in [1.54, 1.807) is 17.7 Å². The third-order valence-electron chi connectivity index (χ3n) is 8.95. The Balaban J connectivity index is 1.33. The topological polar surface area (TPSA) is 75.6 Å². The number of ether oxygens (including phenoxy) is 1. The zero-order chi connectivity index (χ0) is 26.8. The molecule has 204 valence electrons. The van der Waals surface area contributed by atoms with Gasteiger partial charge in [-0.1, -0.05) is 18.2 Å². The van der Waals surface area contributed by atoms with Crippen molar-refractivity contribution in [3.05, 3.63) is 63.3 Å². The van der Waals surface area contributed by atoms with Crippen LogP contribution in [0.3, 0.4) is 0 Å². The first-order valence-electron chi connectivity index (χ1n) is 13.4. The summed E-state index contributed by atoms with van der Waals surface area (Å²) in [6.07, 6.45) is 1.38. The molecule has 4 aliphatic rings. The highest BCUT2D eigenvalue weighted by atomic mass is 19.3. The number of halogens is 3. The molecule has 1 aromatic carbocycles. The summed E-state index contributed by atoms with van der Waals surface area (Å²) in [6, 6.07) is 4.61. The Kier molecular flexibility index (Phi) is 6.30. The molecule has 1 amide bonds. The molecular formula is C28H33F3N4O3. The average molecular weight is 531 g/mol. The number of piperidine rings is 1. The van der Waals surface area contributed by atoms with Gasteiger partial charge in [0.25, 0.3) is 17.9 Å². The van der Waals surface area contributed by atoms with Crippen molar-refractivity contribution in [3.8, 4) is 0 Å². The number of pyridine rings is 1. The van der Waals surface area contributed by atoms with Gasteiger partial charge in [0.05, 0.1) is 35.0 Å². The zero-order valence-electron chi connectivity index (χ0n) is 21.6. The van der Waals surface area contributed by atoms with Gasteiger partial charge in [0.15, 0.2) is 0 Å². The number of amides is 1. The first-order valence-corrected chi connectivity index (χ1v) is 13.4. The molecule has 3 heterocycles. The highest BCUT2D eigenvalue weighted by Gasteiger charge is 2.55. The fourth-order valence-corrected chi connectivity index (χ4v) is 6.64. The van der Waals surface area contributed by atoms with Crippen LogP contribution in [0.25, 0.3) is 0 Å². The van der Waals surface area contributed by atoms with Gasteiger partial charge in [-0.3, -0.25) is 9.59 Å². The molecular weight excluding hydrogens is 497 g/mol. The Bertz CT molecular complexity index is 1290. The molecule has 4 fully saturated rings. The molecule has 1 aromatic heterocycles. The molecule has 0 bridgehead atoms. The number of carbonyl (C=O) groups excluding carboxylic acids is 1. The number of nitrogens with zero attached hydrogens (tertiary/aromatic N) is 2. The molecule has 0 spiro atoms. The average Bonchev–Trinajstić information content (AvgIpc) is 3.72. The molecule has 10 heteroatoms. The predicted octanol–water partition coefficient (Wildman–Crippen LogP) is 3.91. The first-order chi connectivity index (χ1) is 18.2. The number of nitrogens with one attached hydrogen (secondary N) is 2. The highest BCUT2D eigenvalue weighted by molar-refractivity contribution is 5.99. The van der Waals surface area contributed by atoms with Crippen LogP contribution in [0.2, 0.25) is 0 Å². The lowest BCUT2D eigenvalue weighted by Crippen LogP contribution is -2.44. The van der Waals surface area contributed by atoms with Crippen LogP contribution in [-0.4, -0.2) is 54.8 Å². The minimum absolute atomic E-state index is 0.0163. The van der Waals surface area contributed by atoms with Crippen molar-refractivity contribution < 1.29 is 22.7 Å². The van der Waals surface area contributed by atoms with Gasteiger partial charge < -0.3 is 24.8 Å². The number of hydrogen-bond acceptors (Lipinski definition) is 5. The number of rotatable bonds is 8.